The molecule has 8 heteroatoms. The second kappa shape index (κ2) is 8.46. The van der Waals surface area contributed by atoms with Crippen LogP contribution >= 0.6 is 0 Å². The van der Waals surface area contributed by atoms with E-state index in [-0.39, 0.29) is 36.0 Å². The first-order chi connectivity index (χ1) is 16.1. The van der Waals surface area contributed by atoms with E-state index < -0.39 is 20.0 Å². The summed E-state index contributed by atoms with van der Waals surface area (Å²) >= 11 is 0. The maximum absolute atomic E-state index is 13.3. The second-order valence-electron chi connectivity index (χ2n) is 8.83. The molecule has 1 fully saturated rings. The van der Waals surface area contributed by atoms with Gasteiger partial charge in [-0.25, -0.2) is 16.8 Å². The van der Waals surface area contributed by atoms with Gasteiger partial charge in [0.15, 0.2) is 0 Å². The summed E-state index contributed by atoms with van der Waals surface area (Å²) in [6.45, 7) is 4.38. The molecule has 0 amide bonds. The van der Waals surface area contributed by atoms with E-state index in [1.54, 1.807) is 24.3 Å². The van der Waals surface area contributed by atoms with Crippen LogP contribution in [0.15, 0.2) is 82.6 Å². The van der Waals surface area contributed by atoms with Crippen LogP contribution in [0, 0.1) is 13.8 Å². The zero-order chi connectivity index (χ0) is 24.1. The zero-order valence-electron chi connectivity index (χ0n) is 19.1. The fourth-order valence-corrected chi connectivity index (χ4v) is 7.37. The predicted octanol–water partition coefficient (Wildman–Crippen LogP) is 4.31. The summed E-state index contributed by atoms with van der Waals surface area (Å²) in [5.41, 5.74) is 2.12. The van der Waals surface area contributed by atoms with E-state index in [0.717, 1.165) is 32.7 Å². The van der Waals surface area contributed by atoms with E-state index in [1.807, 2.05) is 62.4 Å². The number of fused-ring (bicyclic) bond motifs is 2. The Kier molecular flexibility index (Phi) is 5.72. The quantitative estimate of drug-likeness (QED) is 0.424. The van der Waals surface area contributed by atoms with Crippen molar-refractivity contribution in [1.29, 1.82) is 0 Å². The first-order valence-electron chi connectivity index (χ1n) is 11.2. The van der Waals surface area contributed by atoms with Crippen molar-refractivity contribution in [3.05, 3.63) is 83.9 Å². The fourth-order valence-electron chi connectivity index (χ4n) is 4.46. The molecule has 1 heterocycles. The summed E-state index contributed by atoms with van der Waals surface area (Å²) in [6, 6.07) is 22.1. The van der Waals surface area contributed by atoms with Crippen molar-refractivity contribution in [3.8, 4) is 0 Å². The molecule has 1 aliphatic heterocycles. The van der Waals surface area contributed by atoms with Gasteiger partial charge in [-0.3, -0.25) is 0 Å². The highest BCUT2D eigenvalue weighted by atomic mass is 32.2. The van der Waals surface area contributed by atoms with Gasteiger partial charge in [0.25, 0.3) is 0 Å². The van der Waals surface area contributed by atoms with Crippen molar-refractivity contribution in [2.24, 2.45) is 0 Å². The highest BCUT2D eigenvalue weighted by molar-refractivity contribution is 7.89. The Labute approximate surface area is 200 Å². The van der Waals surface area contributed by atoms with E-state index >= 15 is 0 Å². The van der Waals surface area contributed by atoms with E-state index in [4.69, 9.17) is 0 Å². The number of nitrogens with zero attached hydrogens (tertiary/aromatic N) is 2. The lowest BCUT2D eigenvalue weighted by molar-refractivity contribution is 0.273. The summed E-state index contributed by atoms with van der Waals surface area (Å²) in [7, 11) is -7.44. The van der Waals surface area contributed by atoms with Crippen molar-refractivity contribution < 1.29 is 16.8 Å². The van der Waals surface area contributed by atoms with Crippen molar-refractivity contribution in [2.75, 3.05) is 26.2 Å². The second-order valence-corrected chi connectivity index (χ2v) is 12.7. The third-order valence-corrected chi connectivity index (χ3v) is 10.2. The van der Waals surface area contributed by atoms with Gasteiger partial charge in [0.1, 0.15) is 0 Å². The molecule has 0 bridgehead atoms. The first kappa shape index (κ1) is 23.0. The number of hydrogen-bond acceptors (Lipinski definition) is 4. The lowest BCUT2D eigenvalue weighted by atomic mass is 10.1. The summed E-state index contributed by atoms with van der Waals surface area (Å²) in [5, 5.41) is 3.69. The molecular formula is C26H26N2O4S2. The van der Waals surface area contributed by atoms with Crippen LogP contribution in [-0.2, 0) is 20.0 Å². The van der Waals surface area contributed by atoms with Gasteiger partial charge >= 0.3 is 0 Å². The summed E-state index contributed by atoms with van der Waals surface area (Å²) in [6.07, 6.45) is 0. The molecule has 1 saturated heterocycles. The molecule has 5 rings (SSSR count). The SMILES string of the molecule is Cc1ccc2ccc(S(=O)(=O)N3CCN(S(=O)(=O)c4ccc5ccc(C)cc5c4)CC3)cc2c1. The Morgan fingerprint density at radius 3 is 1.24 bits per heavy atom. The highest BCUT2D eigenvalue weighted by Crippen LogP contribution is 2.27. The van der Waals surface area contributed by atoms with Gasteiger partial charge in [-0.05, 0) is 59.7 Å². The van der Waals surface area contributed by atoms with Crippen LogP contribution in [0.1, 0.15) is 11.1 Å². The Morgan fingerprint density at radius 1 is 0.500 bits per heavy atom. The number of benzene rings is 4. The molecule has 4 aromatic carbocycles. The molecule has 34 heavy (non-hydrogen) atoms. The van der Waals surface area contributed by atoms with Gasteiger partial charge in [-0.1, -0.05) is 59.7 Å². The van der Waals surface area contributed by atoms with Gasteiger partial charge in [0, 0.05) is 26.2 Å². The molecule has 6 nitrogen and oxygen atoms in total. The Morgan fingerprint density at radius 2 is 0.853 bits per heavy atom. The van der Waals surface area contributed by atoms with Crippen LogP contribution in [0.3, 0.4) is 0 Å². The summed E-state index contributed by atoms with van der Waals surface area (Å²) in [5.74, 6) is 0. The van der Waals surface area contributed by atoms with Crippen molar-refractivity contribution in [1.82, 2.24) is 8.61 Å². The van der Waals surface area contributed by atoms with Gasteiger partial charge in [0.2, 0.25) is 20.0 Å². The number of piperazine rings is 1. The molecule has 176 valence electrons. The minimum absolute atomic E-state index is 0.111. The molecule has 0 N–H and O–H groups in total. The van der Waals surface area contributed by atoms with E-state index in [1.165, 1.54) is 8.61 Å². The molecule has 0 unspecified atom stereocenters. The highest BCUT2D eigenvalue weighted by Gasteiger charge is 2.34. The largest absolute Gasteiger partial charge is 0.243 e. The monoisotopic (exact) mass is 494 g/mol. The minimum Gasteiger partial charge on any atom is -0.207 e. The van der Waals surface area contributed by atoms with Crippen LogP contribution in [0.2, 0.25) is 0 Å². The van der Waals surface area contributed by atoms with Crippen molar-refractivity contribution in [2.45, 2.75) is 23.6 Å². The lowest BCUT2D eigenvalue weighted by Crippen LogP contribution is -2.50. The third kappa shape index (κ3) is 4.11. The molecular weight excluding hydrogens is 468 g/mol. The molecule has 1 aliphatic rings. The molecule has 0 spiro atoms. The first-order valence-corrected chi connectivity index (χ1v) is 14.0. The topological polar surface area (TPSA) is 74.8 Å². The van der Waals surface area contributed by atoms with Crippen LogP contribution in [0.5, 0.6) is 0 Å². The molecule has 0 radical (unpaired) electrons. The van der Waals surface area contributed by atoms with Crippen LogP contribution < -0.4 is 0 Å². The Balaban J connectivity index is 1.36. The predicted molar refractivity (Wildman–Crippen MR) is 135 cm³/mol. The average Bonchev–Trinajstić information content (AvgIpc) is 2.83. The number of aryl methyl sites for hydroxylation is 2. The van der Waals surface area contributed by atoms with Crippen molar-refractivity contribution in [3.63, 3.8) is 0 Å². The molecule has 0 saturated carbocycles. The molecule has 0 aromatic heterocycles. The molecule has 0 atom stereocenters. The number of rotatable bonds is 4. The normalized spacial score (nSPS) is 16.3. The Bertz CT molecular complexity index is 1500. The number of hydrogen-bond donors (Lipinski definition) is 0. The standard InChI is InChI=1S/C26H26N2O4S2/c1-19-3-5-21-7-9-25(17-23(21)15-19)33(29,30)27-11-13-28(14-12-27)34(31,32)26-10-8-22-6-4-20(2)16-24(22)18-26/h3-10,15-18H,11-14H2,1-2H3. The van der Waals surface area contributed by atoms with E-state index in [2.05, 4.69) is 0 Å². The minimum atomic E-state index is -3.72. The summed E-state index contributed by atoms with van der Waals surface area (Å²) in [4.78, 5) is 0.457. The maximum Gasteiger partial charge on any atom is 0.243 e. The molecule has 0 aliphatic carbocycles. The van der Waals surface area contributed by atoms with Gasteiger partial charge in [0.05, 0.1) is 9.79 Å². The zero-order valence-corrected chi connectivity index (χ0v) is 20.7. The van der Waals surface area contributed by atoms with Crippen molar-refractivity contribution >= 4 is 41.6 Å². The van der Waals surface area contributed by atoms with Gasteiger partial charge < -0.3 is 0 Å². The summed E-state index contributed by atoms with van der Waals surface area (Å²) < 4.78 is 55.9. The fraction of sp³-hybridized carbons (Fsp3) is 0.231. The van der Waals surface area contributed by atoms with E-state index in [9.17, 15) is 16.8 Å². The van der Waals surface area contributed by atoms with Crippen LogP contribution in [-0.4, -0.2) is 51.6 Å². The molecule has 4 aromatic rings. The van der Waals surface area contributed by atoms with E-state index in [0.29, 0.717) is 0 Å². The van der Waals surface area contributed by atoms with Crippen LogP contribution in [0.4, 0.5) is 0 Å². The number of sulfonamides is 2. The maximum atomic E-state index is 13.3. The lowest BCUT2D eigenvalue weighted by Gasteiger charge is -2.33. The third-order valence-electron chi connectivity index (χ3n) is 6.41. The van der Waals surface area contributed by atoms with Crippen LogP contribution in [0.25, 0.3) is 21.5 Å². The van der Waals surface area contributed by atoms with Gasteiger partial charge in [-0.2, -0.15) is 8.61 Å². The average molecular weight is 495 g/mol. The van der Waals surface area contributed by atoms with Gasteiger partial charge in [-0.15, -0.1) is 0 Å². The Hall–Kier alpha value is -2.78. The smallest absolute Gasteiger partial charge is 0.207 e.